The lowest BCUT2D eigenvalue weighted by molar-refractivity contribution is -0.385. The van der Waals surface area contributed by atoms with E-state index in [9.17, 15) is 10.1 Å². The number of aryl methyl sites for hydroxylation is 1. The first-order valence-electron chi connectivity index (χ1n) is 5.74. The fourth-order valence-corrected chi connectivity index (χ4v) is 1.78. The van der Waals surface area contributed by atoms with Crippen molar-refractivity contribution >= 4 is 11.5 Å². The minimum Gasteiger partial charge on any atom is -0.487 e. The second kappa shape index (κ2) is 4.97. The van der Waals surface area contributed by atoms with Crippen molar-refractivity contribution in [1.82, 2.24) is 9.78 Å². The molecule has 7 nitrogen and oxygen atoms in total. The Labute approximate surface area is 109 Å². The highest BCUT2D eigenvalue weighted by Gasteiger charge is 2.21. The largest absolute Gasteiger partial charge is 0.487 e. The molecule has 0 aliphatic carbocycles. The molecule has 7 heteroatoms. The minimum absolute atomic E-state index is 0.0800. The van der Waals surface area contributed by atoms with Crippen LogP contribution in [0, 0.1) is 10.1 Å². The van der Waals surface area contributed by atoms with Crippen LogP contribution in [0.1, 0.15) is 6.92 Å². The summed E-state index contributed by atoms with van der Waals surface area (Å²) in [6.07, 6.45) is 0. The molecule has 100 valence electrons. The van der Waals surface area contributed by atoms with Crippen molar-refractivity contribution in [3.63, 3.8) is 0 Å². The van der Waals surface area contributed by atoms with Gasteiger partial charge in [-0.15, -0.1) is 0 Å². The van der Waals surface area contributed by atoms with Crippen LogP contribution in [0.5, 0.6) is 5.75 Å². The molecular weight excluding hydrogens is 248 g/mol. The van der Waals surface area contributed by atoms with E-state index in [1.807, 2.05) is 0 Å². The molecule has 0 saturated carbocycles. The molecule has 0 amide bonds. The van der Waals surface area contributed by atoms with E-state index >= 15 is 0 Å². The second-order valence-corrected chi connectivity index (χ2v) is 3.92. The fraction of sp³-hybridized carbons (Fsp3) is 0.250. The zero-order valence-corrected chi connectivity index (χ0v) is 10.7. The molecule has 2 N–H and O–H groups in total. The molecule has 0 unspecified atom stereocenters. The number of nitrogens with two attached hydrogens (primary N) is 1. The van der Waals surface area contributed by atoms with Gasteiger partial charge in [-0.3, -0.25) is 14.8 Å². The fourth-order valence-electron chi connectivity index (χ4n) is 1.78. The van der Waals surface area contributed by atoms with E-state index in [0.29, 0.717) is 23.7 Å². The summed E-state index contributed by atoms with van der Waals surface area (Å²) in [7, 11) is 1.70. The molecule has 19 heavy (non-hydrogen) atoms. The Morgan fingerprint density at radius 3 is 2.79 bits per heavy atom. The highest BCUT2D eigenvalue weighted by Crippen LogP contribution is 2.37. The van der Waals surface area contributed by atoms with E-state index in [-0.39, 0.29) is 11.4 Å². The number of nitro benzene ring substituents is 1. The summed E-state index contributed by atoms with van der Waals surface area (Å²) in [4.78, 5) is 10.6. The maximum Gasteiger partial charge on any atom is 0.311 e. The molecule has 0 fully saturated rings. The molecule has 1 aromatic carbocycles. The number of hydrogen-bond donors (Lipinski definition) is 1. The van der Waals surface area contributed by atoms with Gasteiger partial charge in [-0.2, -0.15) is 5.10 Å². The molecule has 0 radical (unpaired) electrons. The Kier molecular flexibility index (Phi) is 3.37. The first kappa shape index (κ1) is 12.9. The number of para-hydroxylation sites is 1. The third-order valence-corrected chi connectivity index (χ3v) is 2.67. The van der Waals surface area contributed by atoms with Gasteiger partial charge in [0.2, 0.25) is 5.75 Å². The molecule has 0 saturated heterocycles. The van der Waals surface area contributed by atoms with Gasteiger partial charge in [0.05, 0.1) is 22.8 Å². The first-order valence-corrected chi connectivity index (χ1v) is 5.74. The van der Waals surface area contributed by atoms with Gasteiger partial charge in [0.15, 0.2) is 0 Å². The summed E-state index contributed by atoms with van der Waals surface area (Å²) in [5.74, 6) is 0.692. The molecular formula is C12H14N4O3. The van der Waals surface area contributed by atoms with E-state index < -0.39 is 4.92 Å². The van der Waals surface area contributed by atoms with E-state index in [2.05, 4.69) is 5.10 Å². The summed E-state index contributed by atoms with van der Waals surface area (Å²) in [5.41, 5.74) is 6.75. The van der Waals surface area contributed by atoms with Crippen LogP contribution >= 0.6 is 0 Å². The zero-order valence-electron chi connectivity index (χ0n) is 10.7. The SMILES string of the molecule is CCOc1c(-c2cc(N)n(C)n2)cccc1[N+](=O)[O-]. The zero-order chi connectivity index (χ0) is 14.0. The average Bonchev–Trinajstić information content (AvgIpc) is 2.70. The van der Waals surface area contributed by atoms with E-state index in [1.165, 1.54) is 10.7 Å². The lowest BCUT2D eigenvalue weighted by Crippen LogP contribution is -2.00. The number of hydrogen-bond acceptors (Lipinski definition) is 5. The van der Waals surface area contributed by atoms with Crippen molar-refractivity contribution in [1.29, 1.82) is 0 Å². The van der Waals surface area contributed by atoms with Gasteiger partial charge in [0, 0.05) is 19.2 Å². The lowest BCUT2D eigenvalue weighted by atomic mass is 10.1. The average molecular weight is 262 g/mol. The maximum absolute atomic E-state index is 11.0. The van der Waals surface area contributed by atoms with Gasteiger partial charge in [-0.25, -0.2) is 0 Å². The van der Waals surface area contributed by atoms with Crippen molar-refractivity contribution in [3.05, 3.63) is 34.4 Å². The standard InChI is InChI=1S/C12H14N4O3/c1-3-19-12-8(5-4-6-10(12)16(17)18)9-7-11(13)15(2)14-9/h4-7H,3,13H2,1-2H3. The Balaban J connectivity index is 2.62. The van der Waals surface area contributed by atoms with Gasteiger partial charge in [-0.1, -0.05) is 6.07 Å². The Bertz CT molecular complexity index is 602. The third-order valence-electron chi connectivity index (χ3n) is 2.67. The van der Waals surface area contributed by atoms with Gasteiger partial charge in [0.25, 0.3) is 0 Å². The highest BCUT2D eigenvalue weighted by atomic mass is 16.6. The number of benzene rings is 1. The maximum atomic E-state index is 11.0. The molecule has 0 aliphatic heterocycles. The quantitative estimate of drug-likeness (QED) is 0.671. The number of nitro groups is 1. The Hall–Kier alpha value is -2.57. The normalized spacial score (nSPS) is 10.4. The van der Waals surface area contributed by atoms with Gasteiger partial charge < -0.3 is 10.5 Å². The minimum atomic E-state index is -0.471. The number of ether oxygens (including phenoxy) is 1. The summed E-state index contributed by atoms with van der Waals surface area (Å²) in [6, 6.07) is 6.38. The van der Waals surface area contributed by atoms with Crippen molar-refractivity contribution in [2.75, 3.05) is 12.3 Å². The summed E-state index contributed by atoms with van der Waals surface area (Å²) < 4.78 is 6.91. The van der Waals surface area contributed by atoms with Crippen LogP contribution in [0.25, 0.3) is 11.3 Å². The molecule has 2 aromatic rings. The topological polar surface area (TPSA) is 96.2 Å². The molecule has 0 atom stereocenters. The van der Waals surface area contributed by atoms with Gasteiger partial charge in [-0.05, 0) is 13.0 Å². The number of nitrogen functional groups attached to an aromatic ring is 1. The van der Waals surface area contributed by atoms with Crippen LogP contribution in [-0.2, 0) is 7.05 Å². The van der Waals surface area contributed by atoms with E-state index in [4.69, 9.17) is 10.5 Å². The number of aromatic nitrogens is 2. The summed E-state index contributed by atoms with van der Waals surface area (Å²) in [6.45, 7) is 2.10. The third kappa shape index (κ3) is 2.35. The number of nitrogens with zero attached hydrogens (tertiary/aromatic N) is 3. The summed E-state index contributed by atoms with van der Waals surface area (Å²) in [5, 5.41) is 15.2. The molecule has 1 aromatic heterocycles. The number of anilines is 1. The monoisotopic (exact) mass is 262 g/mol. The summed E-state index contributed by atoms with van der Waals surface area (Å²) >= 11 is 0. The van der Waals surface area contributed by atoms with Crippen molar-refractivity contribution < 1.29 is 9.66 Å². The predicted molar refractivity (Wildman–Crippen MR) is 70.9 cm³/mol. The molecule has 0 spiro atoms. The Morgan fingerprint density at radius 2 is 2.26 bits per heavy atom. The van der Waals surface area contributed by atoms with Crippen LogP contribution in [0.2, 0.25) is 0 Å². The van der Waals surface area contributed by atoms with Crippen LogP contribution < -0.4 is 10.5 Å². The van der Waals surface area contributed by atoms with E-state index in [0.717, 1.165) is 0 Å². The first-order chi connectivity index (χ1) is 9.04. The van der Waals surface area contributed by atoms with E-state index in [1.54, 1.807) is 32.2 Å². The van der Waals surface area contributed by atoms with Crippen molar-refractivity contribution in [2.45, 2.75) is 6.92 Å². The smallest absolute Gasteiger partial charge is 0.311 e. The molecule has 2 rings (SSSR count). The van der Waals surface area contributed by atoms with Crippen LogP contribution in [0.4, 0.5) is 11.5 Å². The van der Waals surface area contributed by atoms with Crippen molar-refractivity contribution in [3.8, 4) is 17.0 Å². The van der Waals surface area contributed by atoms with Crippen molar-refractivity contribution in [2.24, 2.45) is 7.05 Å². The van der Waals surface area contributed by atoms with Gasteiger partial charge >= 0.3 is 5.69 Å². The predicted octanol–water partition coefficient (Wildman–Crippen LogP) is 1.98. The molecule has 0 aliphatic rings. The van der Waals surface area contributed by atoms with Crippen LogP contribution in [0.3, 0.4) is 0 Å². The second-order valence-electron chi connectivity index (χ2n) is 3.92. The van der Waals surface area contributed by atoms with Crippen LogP contribution in [-0.4, -0.2) is 21.3 Å². The molecule has 1 heterocycles. The Morgan fingerprint density at radius 1 is 1.53 bits per heavy atom. The molecule has 0 bridgehead atoms. The van der Waals surface area contributed by atoms with Crippen LogP contribution in [0.15, 0.2) is 24.3 Å². The highest BCUT2D eigenvalue weighted by molar-refractivity contribution is 5.74. The lowest BCUT2D eigenvalue weighted by Gasteiger charge is -2.08. The van der Waals surface area contributed by atoms with Gasteiger partial charge in [0.1, 0.15) is 5.82 Å². The number of rotatable bonds is 4.